The molecule has 1 atom stereocenters. The van der Waals surface area contributed by atoms with Crippen molar-refractivity contribution in [2.75, 3.05) is 41.3 Å². The number of Topliss-reactive ketones (excluding diaryl/α,β-unsaturated/α-hetero) is 1. The van der Waals surface area contributed by atoms with Crippen LogP contribution in [0.5, 0.6) is 0 Å². The molecule has 0 radical (unpaired) electrons. The number of hydrogen-bond donors (Lipinski definition) is 2. The molecule has 8 nitrogen and oxygen atoms in total. The predicted molar refractivity (Wildman–Crippen MR) is 175 cm³/mol. The Labute approximate surface area is 257 Å². The first-order chi connectivity index (χ1) is 21.4. The van der Waals surface area contributed by atoms with Crippen molar-refractivity contribution < 1.29 is 9.59 Å². The number of anilines is 3. The number of carbonyl (C=O) groups is 2. The van der Waals surface area contributed by atoms with Gasteiger partial charge in [0.25, 0.3) is 11.7 Å². The fraction of sp³-hybridized carbons (Fsp3) is 0.222. The summed E-state index contributed by atoms with van der Waals surface area (Å²) in [6, 6.07) is 29.5. The van der Waals surface area contributed by atoms with Gasteiger partial charge in [0.05, 0.1) is 17.3 Å². The number of hydrogen-bond acceptors (Lipinski definition) is 6. The van der Waals surface area contributed by atoms with Gasteiger partial charge in [0.2, 0.25) is 0 Å². The molecule has 1 aliphatic heterocycles. The van der Waals surface area contributed by atoms with Crippen LogP contribution in [-0.2, 0) is 4.79 Å². The van der Waals surface area contributed by atoms with E-state index in [4.69, 9.17) is 4.98 Å². The summed E-state index contributed by atoms with van der Waals surface area (Å²) in [6.07, 6.45) is 1.74. The molecule has 1 aliphatic rings. The summed E-state index contributed by atoms with van der Waals surface area (Å²) < 4.78 is 0. The number of piperazine rings is 1. The SMILES string of the molecule is Cc1cc(C)nc(N2CCN(c3ccc(NC(=O)C(=O)c4[nH]c(C)cc4C(c4ccccc4)c4ccccn4)cc3)CC2)c1. The summed E-state index contributed by atoms with van der Waals surface area (Å²) in [7, 11) is 0. The Morgan fingerprint density at radius 2 is 1.52 bits per heavy atom. The zero-order chi connectivity index (χ0) is 30.6. The average molecular weight is 585 g/mol. The van der Waals surface area contributed by atoms with E-state index in [1.54, 1.807) is 6.20 Å². The topological polar surface area (TPSA) is 94.2 Å². The first-order valence-electron chi connectivity index (χ1n) is 14.9. The van der Waals surface area contributed by atoms with Crippen molar-refractivity contribution in [1.29, 1.82) is 0 Å². The molecule has 1 saturated heterocycles. The van der Waals surface area contributed by atoms with Gasteiger partial charge < -0.3 is 20.1 Å². The number of ketones is 1. The number of nitrogens with zero attached hydrogens (tertiary/aromatic N) is 4. The lowest BCUT2D eigenvalue weighted by molar-refractivity contribution is -0.112. The van der Waals surface area contributed by atoms with Crippen molar-refractivity contribution >= 4 is 28.9 Å². The Bertz CT molecular complexity index is 1700. The number of rotatable bonds is 8. The fourth-order valence-corrected chi connectivity index (χ4v) is 5.96. The Morgan fingerprint density at radius 1 is 0.818 bits per heavy atom. The number of nitrogens with one attached hydrogen (secondary N) is 2. The molecule has 6 rings (SSSR count). The van der Waals surface area contributed by atoms with Gasteiger partial charge in [-0.1, -0.05) is 36.4 Å². The Morgan fingerprint density at radius 3 is 2.20 bits per heavy atom. The normalized spacial score (nSPS) is 13.9. The molecule has 4 heterocycles. The summed E-state index contributed by atoms with van der Waals surface area (Å²) in [5.41, 5.74) is 7.47. The molecule has 0 saturated carbocycles. The molecule has 3 aromatic heterocycles. The Hall–Kier alpha value is -5.24. The van der Waals surface area contributed by atoms with Crippen molar-refractivity contribution in [3.63, 3.8) is 0 Å². The van der Waals surface area contributed by atoms with Crippen LogP contribution in [0.4, 0.5) is 17.2 Å². The number of pyridine rings is 2. The van der Waals surface area contributed by atoms with Gasteiger partial charge in [-0.25, -0.2) is 4.98 Å². The maximum atomic E-state index is 13.6. The maximum absolute atomic E-state index is 13.6. The van der Waals surface area contributed by atoms with Crippen LogP contribution in [0.3, 0.4) is 0 Å². The molecule has 2 N–H and O–H groups in total. The van der Waals surface area contributed by atoms with Crippen molar-refractivity contribution in [3.05, 3.63) is 137 Å². The second-order valence-corrected chi connectivity index (χ2v) is 11.3. The monoisotopic (exact) mass is 584 g/mol. The molecule has 0 bridgehead atoms. The van der Waals surface area contributed by atoms with E-state index in [1.165, 1.54) is 5.56 Å². The number of aryl methyl sites for hydroxylation is 3. The van der Waals surface area contributed by atoms with Crippen LogP contribution in [0.25, 0.3) is 0 Å². The highest BCUT2D eigenvalue weighted by molar-refractivity contribution is 6.46. The highest BCUT2D eigenvalue weighted by Gasteiger charge is 2.29. The van der Waals surface area contributed by atoms with Gasteiger partial charge in [-0.2, -0.15) is 0 Å². The highest BCUT2D eigenvalue weighted by atomic mass is 16.2. The minimum Gasteiger partial charge on any atom is -0.368 e. The smallest absolute Gasteiger partial charge is 0.298 e. The first kappa shape index (κ1) is 28.9. The van der Waals surface area contributed by atoms with Crippen LogP contribution < -0.4 is 15.1 Å². The quantitative estimate of drug-likeness (QED) is 0.170. The summed E-state index contributed by atoms with van der Waals surface area (Å²) in [4.78, 5) is 43.9. The van der Waals surface area contributed by atoms with Crippen LogP contribution in [-0.4, -0.2) is 52.8 Å². The molecule has 2 aromatic carbocycles. The minimum absolute atomic E-state index is 0.271. The maximum Gasteiger partial charge on any atom is 0.298 e. The zero-order valence-corrected chi connectivity index (χ0v) is 25.2. The lowest BCUT2D eigenvalue weighted by Gasteiger charge is -2.37. The second-order valence-electron chi connectivity index (χ2n) is 11.3. The standard InChI is InChI=1S/C36H36N6O2/c1-24-21-25(2)38-32(22-24)42-19-17-41(18-20-42)29-14-12-28(13-15-29)40-36(44)35(43)34-30(23-26(3)39-34)33(27-9-5-4-6-10-27)31-11-7-8-16-37-31/h4-16,21-23,33,39H,17-20H2,1-3H3,(H,40,44). The molecule has 0 aliphatic carbocycles. The highest BCUT2D eigenvalue weighted by Crippen LogP contribution is 2.34. The summed E-state index contributed by atoms with van der Waals surface area (Å²) in [5.74, 6) is -0.589. The lowest BCUT2D eigenvalue weighted by Crippen LogP contribution is -2.46. The second kappa shape index (κ2) is 12.6. The van der Waals surface area contributed by atoms with Crippen molar-refractivity contribution in [2.24, 2.45) is 0 Å². The molecule has 1 fully saturated rings. The van der Waals surface area contributed by atoms with Crippen LogP contribution in [0.15, 0.2) is 97.2 Å². The zero-order valence-electron chi connectivity index (χ0n) is 25.2. The molecule has 1 unspecified atom stereocenters. The number of benzene rings is 2. The molecule has 222 valence electrons. The van der Waals surface area contributed by atoms with Gasteiger partial charge in [-0.05, 0) is 92.1 Å². The Balaban J connectivity index is 1.15. The summed E-state index contributed by atoms with van der Waals surface area (Å²) in [5, 5.41) is 2.81. The summed E-state index contributed by atoms with van der Waals surface area (Å²) in [6.45, 7) is 9.51. The lowest BCUT2D eigenvalue weighted by atomic mass is 9.87. The molecule has 5 aromatic rings. The van der Waals surface area contributed by atoms with Crippen molar-refractivity contribution in [2.45, 2.75) is 26.7 Å². The number of aromatic nitrogens is 3. The first-order valence-corrected chi connectivity index (χ1v) is 14.9. The minimum atomic E-state index is -0.691. The van der Waals surface area contributed by atoms with E-state index in [0.29, 0.717) is 5.69 Å². The van der Waals surface area contributed by atoms with Crippen molar-refractivity contribution in [1.82, 2.24) is 15.0 Å². The van der Waals surface area contributed by atoms with E-state index in [-0.39, 0.29) is 11.6 Å². The third kappa shape index (κ3) is 6.24. The predicted octanol–water partition coefficient (Wildman–Crippen LogP) is 6.06. The molecule has 1 amide bonds. The number of H-pyrrole nitrogens is 1. The molecular formula is C36H36N6O2. The number of aromatic amines is 1. The van der Waals surface area contributed by atoms with Gasteiger partial charge in [-0.15, -0.1) is 0 Å². The van der Waals surface area contributed by atoms with Gasteiger partial charge in [-0.3, -0.25) is 14.6 Å². The third-order valence-electron chi connectivity index (χ3n) is 8.02. The van der Waals surface area contributed by atoms with Crippen molar-refractivity contribution in [3.8, 4) is 0 Å². The van der Waals surface area contributed by atoms with Gasteiger partial charge in [0.15, 0.2) is 0 Å². The van der Waals surface area contributed by atoms with E-state index in [0.717, 1.165) is 65.9 Å². The van der Waals surface area contributed by atoms with Crippen LogP contribution in [0.1, 0.15) is 50.2 Å². The van der Waals surface area contributed by atoms with Crippen LogP contribution in [0, 0.1) is 20.8 Å². The molecule has 8 heteroatoms. The van der Waals surface area contributed by atoms with Gasteiger partial charge in [0.1, 0.15) is 5.82 Å². The fourth-order valence-electron chi connectivity index (χ4n) is 5.96. The van der Waals surface area contributed by atoms with E-state index < -0.39 is 11.7 Å². The summed E-state index contributed by atoms with van der Waals surface area (Å²) >= 11 is 0. The number of amides is 1. The molecule has 0 spiro atoms. The van der Waals surface area contributed by atoms with Crippen LogP contribution in [0.2, 0.25) is 0 Å². The third-order valence-corrected chi connectivity index (χ3v) is 8.02. The molecule has 44 heavy (non-hydrogen) atoms. The number of carbonyl (C=O) groups excluding carboxylic acids is 2. The van der Waals surface area contributed by atoms with E-state index >= 15 is 0 Å². The Kier molecular flexibility index (Phi) is 8.23. The van der Waals surface area contributed by atoms with E-state index in [2.05, 4.69) is 44.1 Å². The van der Waals surface area contributed by atoms with Gasteiger partial charge >= 0.3 is 0 Å². The van der Waals surface area contributed by atoms with E-state index in [1.807, 2.05) is 92.7 Å². The average Bonchev–Trinajstić information content (AvgIpc) is 3.42. The van der Waals surface area contributed by atoms with Gasteiger partial charge in [0, 0.05) is 55.1 Å². The molecular weight excluding hydrogens is 548 g/mol. The van der Waals surface area contributed by atoms with Crippen LogP contribution >= 0.6 is 0 Å². The largest absolute Gasteiger partial charge is 0.368 e. The van der Waals surface area contributed by atoms with E-state index in [9.17, 15) is 9.59 Å².